The maximum Gasteiger partial charge on any atom is 0.129 e. The highest BCUT2D eigenvalue weighted by Gasteiger charge is 2.46. The number of pyridine rings is 1. The molecule has 1 aliphatic carbocycles. The van der Waals surface area contributed by atoms with Crippen LogP contribution in [0.15, 0.2) is 12.1 Å². The molecule has 1 aromatic heterocycles. The topological polar surface area (TPSA) is 34.2 Å². The fraction of sp³-hybridized carbons (Fsp3) is 0.545. The number of hydrogen-bond donors (Lipinski definition) is 1. The van der Waals surface area contributed by atoms with Gasteiger partial charge in [-0.1, -0.05) is 17.7 Å². The third kappa shape index (κ3) is 2.00. The molecule has 0 radical (unpaired) electrons. The molecule has 0 aromatic carbocycles. The van der Waals surface area contributed by atoms with Gasteiger partial charge in [0.25, 0.3) is 0 Å². The lowest BCUT2D eigenvalue weighted by Gasteiger charge is -2.17. The maximum absolute atomic E-state index is 5.89. The third-order valence-electron chi connectivity index (χ3n) is 2.87. The lowest BCUT2D eigenvalue weighted by molar-refractivity contribution is 0.0777. The van der Waals surface area contributed by atoms with Crippen LogP contribution in [0.2, 0.25) is 5.15 Å². The second kappa shape index (κ2) is 4.08. The highest BCUT2D eigenvalue weighted by Crippen LogP contribution is 2.49. The van der Waals surface area contributed by atoms with E-state index in [9.17, 15) is 0 Å². The van der Waals surface area contributed by atoms with E-state index in [1.165, 1.54) is 5.56 Å². The van der Waals surface area contributed by atoms with E-state index >= 15 is 0 Å². The molecule has 1 fully saturated rings. The van der Waals surface area contributed by atoms with Crippen molar-refractivity contribution in [3.63, 3.8) is 0 Å². The minimum Gasteiger partial charge on any atom is -0.373 e. The first-order valence-electron chi connectivity index (χ1n) is 5.07. The zero-order valence-electron chi connectivity index (χ0n) is 9.01. The number of halogens is 1. The van der Waals surface area contributed by atoms with Gasteiger partial charge in [-0.05, 0) is 26.0 Å². The first kappa shape index (κ1) is 10.9. The molecule has 0 amide bonds. The van der Waals surface area contributed by atoms with Crippen LogP contribution in [0.3, 0.4) is 0 Å². The lowest BCUT2D eigenvalue weighted by atomic mass is 10.1. The first-order valence-corrected chi connectivity index (χ1v) is 5.45. The van der Waals surface area contributed by atoms with Gasteiger partial charge in [0.15, 0.2) is 0 Å². The molecule has 1 heterocycles. The molecular weight excluding hydrogens is 212 g/mol. The van der Waals surface area contributed by atoms with E-state index < -0.39 is 0 Å². The molecule has 2 rings (SSSR count). The fourth-order valence-corrected chi connectivity index (χ4v) is 2.05. The molecular formula is C11H15ClN2O. The molecule has 0 atom stereocenters. The summed E-state index contributed by atoms with van der Waals surface area (Å²) < 4.78 is 5.55. The minimum atomic E-state index is -0.0935. The summed E-state index contributed by atoms with van der Waals surface area (Å²) in [7, 11) is 3.66. The molecule has 15 heavy (non-hydrogen) atoms. The van der Waals surface area contributed by atoms with Gasteiger partial charge in [0.05, 0.1) is 11.3 Å². The van der Waals surface area contributed by atoms with Crippen LogP contribution < -0.4 is 5.32 Å². The van der Waals surface area contributed by atoms with Crippen molar-refractivity contribution < 1.29 is 4.74 Å². The molecule has 0 bridgehead atoms. The highest BCUT2D eigenvalue weighted by molar-refractivity contribution is 6.29. The Labute approximate surface area is 94.8 Å². The number of hydrogen-bond acceptors (Lipinski definition) is 3. The van der Waals surface area contributed by atoms with E-state index in [0.717, 1.165) is 25.1 Å². The Kier molecular flexibility index (Phi) is 2.96. The van der Waals surface area contributed by atoms with Gasteiger partial charge in [-0.25, -0.2) is 4.98 Å². The zero-order chi connectivity index (χ0) is 10.9. The van der Waals surface area contributed by atoms with Gasteiger partial charge in [-0.2, -0.15) is 0 Å². The van der Waals surface area contributed by atoms with Gasteiger partial charge in [0.1, 0.15) is 5.15 Å². The average molecular weight is 227 g/mol. The maximum atomic E-state index is 5.89. The summed E-state index contributed by atoms with van der Waals surface area (Å²) in [6.07, 6.45) is 2.15. The lowest BCUT2D eigenvalue weighted by Crippen LogP contribution is -2.17. The average Bonchev–Trinajstić information content (AvgIpc) is 2.99. The summed E-state index contributed by atoms with van der Waals surface area (Å²) in [5.41, 5.74) is 2.07. The van der Waals surface area contributed by atoms with Crippen molar-refractivity contribution in [2.75, 3.05) is 14.2 Å². The molecule has 4 heteroatoms. The Hall–Kier alpha value is -0.640. The Morgan fingerprint density at radius 1 is 1.53 bits per heavy atom. The monoisotopic (exact) mass is 226 g/mol. The van der Waals surface area contributed by atoms with Crippen LogP contribution in [0.1, 0.15) is 24.1 Å². The predicted octanol–water partition coefficient (Wildman–Crippen LogP) is 2.09. The van der Waals surface area contributed by atoms with E-state index in [1.807, 2.05) is 19.2 Å². The molecule has 0 saturated heterocycles. The van der Waals surface area contributed by atoms with Crippen molar-refractivity contribution in [3.8, 4) is 0 Å². The van der Waals surface area contributed by atoms with Gasteiger partial charge in [0.2, 0.25) is 0 Å². The Morgan fingerprint density at radius 2 is 2.27 bits per heavy atom. The van der Waals surface area contributed by atoms with Crippen LogP contribution in [0, 0.1) is 0 Å². The van der Waals surface area contributed by atoms with Crippen molar-refractivity contribution >= 4 is 11.6 Å². The molecule has 1 aliphatic rings. The number of rotatable bonds is 4. The van der Waals surface area contributed by atoms with Crippen molar-refractivity contribution in [2.24, 2.45) is 0 Å². The van der Waals surface area contributed by atoms with Gasteiger partial charge in [-0.15, -0.1) is 0 Å². The summed E-state index contributed by atoms with van der Waals surface area (Å²) in [5, 5.41) is 3.64. The van der Waals surface area contributed by atoms with Crippen molar-refractivity contribution in [1.82, 2.24) is 10.3 Å². The van der Waals surface area contributed by atoms with Crippen molar-refractivity contribution in [2.45, 2.75) is 25.0 Å². The van der Waals surface area contributed by atoms with E-state index in [1.54, 1.807) is 7.11 Å². The molecule has 1 N–H and O–H groups in total. The number of ether oxygens (including phenoxy) is 1. The number of methoxy groups -OCH3 is 1. The summed E-state index contributed by atoms with van der Waals surface area (Å²) in [5.74, 6) is 0. The van der Waals surface area contributed by atoms with E-state index in [4.69, 9.17) is 16.3 Å². The number of nitrogens with one attached hydrogen (secondary N) is 1. The van der Waals surface area contributed by atoms with Gasteiger partial charge < -0.3 is 10.1 Å². The summed E-state index contributed by atoms with van der Waals surface area (Å²) in [6.45, 7) is 0.723. The van der Waals surface area contributed by atoms with E-state index in [-0.39, 0.29) is 5.60 Å². The van der Waals surface area contributed by atoms with Gasteiger partial charge >= 0.3 is 0 Å². The predicted molar refractivity (Wildman–Crippen MR) is 59.9 cm³/mol. The second-order valence-corrected chi connectivity index (χ2v) is 4.24. The van der Waals surface area contributed by atoms with E-state index in [0.29, 0.717) is 5.15 Å². The Balaban J connectivity index is 2.37. The van der Waals surface area contributed by atoms with Crippen LogP contribution in [0.4, 0.5) is 0 Å². The van der Waals surface area contributed by atoms with Crippen LogP contribution >= 0.6 is 11.6 Å². The van der Waals surface area contributed by atoms with Gasteiger partial charge in [-0.3, -0.25) is 0 Å². The Bertz CT molecular complexity index is 364. The summed E-state index contributed by atoms with van der Waals surface area (Å²) >= 11 is 5.89. The quantitative estimate of drug-likeness (QED) is 0.799. The normalized spacial score (nSPS) is 17.8. The number of aromatic nitrogens is 1. The molecule has 0 aliphatic heterocycles. The first-order chi connectivity index (χ1) is 7.22. The smallest absolute Gasteiger partial charge is 0.129 e. The SMILES string of the molecule is CNCc1nc(Cl)ccc1C1(OC)CC1. The summed E-state index contributed by atoms with van der Waals surface area (Å²) in [4.78, 5) is 4.34. The highest BCUT2D eigenvalue weighted by atomic mass is 35.5. The molecule has 0 spiro atoms. The largest absolute Gasteiger partial charge is 0.373 e. The third-order valence-corrected chi connectivity index (χ3v) is 3.08. The minimum absolute atomic E-state index is 0.0935. The van der Waals surface area contributed by atoms with Gasteiger partial charge in [0, 0.05) is 19.2 Å². The summed E-state index contributed by atoms with van der Waals surface area (Å²) in [6, 6.07) is 3.85. The number of nitrogens with zero attached hydrogens (tertiary/aromatic N) is 1. The molecule has 82 valence electrons. The second-order valence-electron chi connectivity index (χ2n) is 3.86. The molecule has 0 unspecified atom stereocenters. The van der Waals surface area contributed by atoms with Crippen LogP contribution in [-0.2, 0) is 16.9 Å². The molecule has 1 saturated carbocycles. The standard InChI is InChI=1S/C11H15ClN2O/c1-13-7-9-8(3-4-10(12)14-9)11(15-2)5-6-11/h3-4,13H,5-7H2,1-2H3. The van der Waals surface area contributed by atoms with E-state index in [2.05, 4.69) is 10.3 Å². The Morgan fingerprint density at radius 3 is 2.80 bits per heavy atom. The van der Waals surface area contributed by atoms with Crippen LogP contribution in [-0.4, -0.2) is 19.1 Å². The van der Waals surface area contributed by atoms with Crippen molar-refractivity contribution in [1.29, 1.82) is 0 Å². The molecule has 1 aromatic rings. The zero-order valence-corrected chi connectivity index (χ0v) is 9.77. The molecule has 3 nitrogen and oxygen atoms in total. The van der Waals surface area contributed by atoms with Crippen LogP contribution in [0.5, 0.6) is 0 Å². The van der Waals surface area contributed by atoms with Crippen LogP contribution in [0.25, 0.3) is 0 Å². The van der Waals surface area contributed by atoms with Crippen molar-refractivity contribution in [3.05, 3.63) is 28.5 Å². The fourth-order valence-electron chi connectivity index (χ4n) is 1.89.